The third-order valence-electron chi connectivity index (χ3n) is 2.92. The molecule has 1 aromatic rings. The van der Waals surface area contributed by atoms with E-state index in [9.17, 15) is 4.79 Å². The van der Waals surface area contributed by atoms with Crippen LogP contribution in [0.3, 0.4) is 0 Å². The van der Waals surface area contributed by atoms with Gasteiger partial charge in [-0.05, 0) is 43.4 Å². The molecule has 1 saturated carbocycles. The molecule has 0 heterocycles. The largest absolute Gasteiger partial charge is 0.466 e. The highest BCUT2D eigenvalue weighted by Gasteiger charge is 2.43. The fraction of sp³-hybridized carbons (Fsp3) is 0.462. The molecule has 0 spiro atoms. The van der Waals surface area contributed by atoms with Crippen molar-refractivity contribution in [2.24, 2.45) is 11.8 Å². The summed E-state index contributed by atoms with van der Waals surface area (Å²) < 4.78 is 6.10. The Labute approximate surface area is 104 Å². The van der Waals surface area contributed by atoms with E-state index in [1.165, 1.54) is 5.56 Å². The highest BCUT2D eigenvalue weighted by Crippen LogP contribution is 2.42. The molecule has 2 nitrogen and oxygen atoms in total. The van der Waals surface area contributed by atoms with Crippen LogP contribution in [0.2, 0.25) is 0 Å². The quantitative estimate of drug-likeness (QED) is 0.793. The molecule has 86 valence electrons. The molecule has 0 amide bonds. The van der Waals surface area contributed by atoms with Gasteiger partial charge in [-0.3, -0.25) is 4.79 Å². The topological polar surface area (TPSA) is 26.3 Å². The summed E-state index contributed by atoms with van der Waals surface area (Å²) in [5.41, 5.74) is 1.29. The molecule has 2 rings (SSSR count). The Morgan fingerprint density at radius 1 is 1.44 bits per heavy atom. The van der Waals surface area contributed by atoms with Crippen molar-refractivity contribution in [3.05, 3.63) is 34.3 Å². The van der Waals surface area contributed by atoms with Crippen LogP contribution in [0.15, 0.2) is 28.7 Å². The average Bonchev–Trinajstić information content (AvgIpc) is 3.01. The van der Waals surface area contributed by atoms with Gasteiger partial charge in [0.2, 0.25) is 0 Å². The predicted molar refractivity (Wildman–Crippen MR) is 66.1 cm³/mol. The van der Waals surface area contributed by atoms with E-state index in [4.69, 9.17) is 4.74 Å². The van der Waals surface area contributed by atoms with Crippen LogP contribution in [0.4, 0.5) is 0 Å². The summed E-state index contributed by atoms with van der Waals surface area (Å²) in [4.78, 5) is 11.4. The van der Waals surface area contributed by atoms with Crippen molar-refractivity contribution in [1.29, 1.82) is 0 Å². The monoisotopic (exact) mass is 282 g/mol. The lowest BCUT2D eigenvalue weighted by Crippen LogP contribution is -2.08. The molecule has 0 aliphatic heterocycles. The van der Waals surface area contributed by atoms with E-state index in [2.05, 4.69) is 28.1 Å². The van der Waals surface area contributed by atoms with Crippen LogP contribution in [0, 0.1) is 11.8 Å². The Hall–Kier alpha value is -0.830. The molecular weight excluding hydrogens is 268 g/mol. The summed E-state index contributed by atoms with van der Waals surface area (Å²) in [6.07, 6.45) is 1.96. The van der Waals surface area contributed by atoms with Gasteiger partial charge in [0.25, 0.3) is 0 Å². The van der Waals surface area contributed by atoms with Gasteiger partial charge in [-0.25, -0.2) is 0 Å². The number of rotatable bonds is 4. The van der Waals surface area contributed by atoms with Crippen LogP contribution in [0.1, 0.15) is 18.9 Å². The Kier molecular flexibility index (Phi) is 3.64. The Balaban J connectivity index is 1.85. The molecule has 2 atom stereocenters. The van der Waals surface area contributed by atoms with Gasteiger partial charge in [0.15, 0.2) is 0 Å². The Morgan fingerprint density at radius 2 is 2.12 bits per heavy atom. The fourth-order valence-electron chi connectivity index (χ4n) is 1.93. The Morgan fingerprint density at radius 3 is 2.75 bits per heavy atom. The first-order valence-electron chi connectivity index (χ1n) is 5.61. The number of carbonyl (C=O) groups is 1. The maximum atomic E-state index is 11.4. The second-order valence-corrected chi connectivity index (χ2v) is 5.10. The lowest BCUT2D eigenvalue weighted by molar-refractivity contribution is -0.145. The molecule has 3 heteroatoms. The molecule has 1 aliphatic rings. The van der Waals surface area contributed by atoms with Gasteiger partial charge >= 0.3 is 5.97 Å². The van der Waals surface area contributed by atoms with Gasteiger partial charge in [-0.15, -0.1) is 0 Å². The summed E-state index contributed by atoms with van der Waals surface area (Å²) in [6, 6.07) is 8.28. The van der Waals surface area contributed by atoms with Gasteiger partial charge in [0, 0.05) is 4.47 Å². The fourth-order valence-corrected chi connectivity index (χ4v) is 2.20. The third kappa shape index (κ3) is 2.85. The van der Waals surface area contributed by atoms with E-state index in [0.717, 1.165) is 17.3 Å². The van der Waals surface area contributed by atoms with Crippen molar-refractivity contribution in [2.75, 3.05) is 6.61 Å². The number of esters is 1. The van der Waals surface area contributed by atoms with Gasteiger partial charge < -0.3 is 4.74 Å². The van der Waals surface area contributed by atoms with E-state index in [-0.39, 0.29) is 11.9 Å². The number of halogens is 1. The normalized spacial score (nSPS) is 22.9. The zero-order chi connectivity index (χ0) is 11.5. The van der Waals surface area contributed by atoms with E-state index >= 15 is 0 Å². The van der Waals surface area contributed by atoms with Crippen LogP contribution < -0.4 is 0 Å². The summed E-state index contributed by atoms with van der Waals surface area (Å²) >= 11 is 3.41. The molecule has 0 N–H and O–H groups in total. The lowest BCUT2D eigenvalue weighted by atomic mass is 10.1. The summed E-state index contributed by atoms with van der Waals surface area (Å²) in [6.45, 7) is 2.34. The number of hydrogen-bond donors (Lipinski definition) is 0. The molecule has 1 aliphatic carbocycles. The lowest BCUT2D eigenvalue weighted by Gasteiger charge is -2.02. The molecular formula is C13H15BrO2. The zero-order valence-corrected chi connectivity index (χ0v) is 10.9. The van der Waals surface area contributed by atoms with Crippen LogP contribution in [0.25, 0.3) is 0 Å². The van der Waals surface area contributed by atoms with Crippen molar-refractivity contribution in [3.63, 3.8) is 0 Å². The van der Waals surface area contributed by atoms with Crippen molar-refractivity contribution < 1.29 is 9.53 Å². The van der Waals surface area contributed by atoms with E-state index in [1.807, 2.05) is 19.1 Å². The van der Waals surface area contributed by atoms with Crippen LogP contribution in [-0.2, 0) is 16.0 Å². The average molecular weight is 283 g/mol. The first-order valence-corrected chi connectivity index (χ1v) is 6.41. The highest BCUT2D eigenvalue weighted by molar-refractivity contribution is 9.10. The molecule has 0 saturated heterocycles. The Bertz CT molecular complexity index is 372. The molecule has 0 bridgehead atoms. The second-order valence-electron chi connectivity index (χ2n) is 4.18. The maximum absolute atomic E-state index is 11.4. The predicted octanol–water partition coefficient (Wildman–Crippen LogP) is 3.19. The van der Waals surface area contributed by atoms with Crippen LogP contribution in [0.5, 0.6) is 0 Å². The molecule has 0 radical (unpaired) electrons. The van der Waals surface area contributed by atoms with E-state index < -0.39 is 0 Å². The molecule has 1 fully saturated rings. The van der Waals surface area contributed by atoms with Crippen molar-refractivity contribution in [3.8, 4) is 0 Å². The summed E-state index contributed by atoms with van der Waals surface area (Å²) in [7, 11) is 0. The van der Waals surface area contributed by atoms with Crippen molar-refractivity contribution in [2.45, 2.75) is 19.8 Å². The van der Waals surface area contributed by atoms with E-state index in [1.54, 1.807) is 0 Å². The highest BCUT2D eigenvalue weighted by atomic mass is 79.9. The minimum Gasteiger partial charge on any atom is -0.466 e. The van der Waals surface area contributed by atoms with Gasteiger partial charge in [-0.2, -0.15) is 0 Å². The van der Waals surface area contributed by atoms with E-state index in [0.29, 0.717) is 12.5 Å². The molecule has 0 aromatic heterocycles. The smallest absolute Gasteiger partial charge is 0.309 e. The first-order chi connectivity index (χ1) is 7.70. The number of ether oxygens (including phenoxy) is 1. The van der Waals surface area contributed by atoms with Crippen LogP contribution >= 0.6 is 15.9 Å². The van der Waals surface area contributed by atoms with Crippen LogP contribution in [-0.4, -0.2) is 12.6 Å². The SMILES string of the molecule is CCOC(=O)C1CC1Cc1ccc(Br)cc1. The van der Waals surface area contributed by atoms with Crippen molar-refractivity contribution >= 4 is 21.9 Å². The van der Waals surface area contributed by atoms with Gasteiger partial charge in [0.1, 0.15) is 0 Å². The molecule has 1 aromatic carbocycles. The van der Waals surface area contributed by atoms with Crippen molar-refractivity contribution in [1.82, 2.24) is 0 Å². The number of carbonyl (C=O) groups excluding carboxylic acids is 1. The van der Waals surface area contributed by atoms with Gasteiger partial charge in [0.05, 0.1) is 12.5 Å². The summed E-state index contributed by atoms with van der Waals surface area (Å²) in [5.74, 6) is 0.605. The number of hydrogen-bond acceptors (Lipinski definition) is 2. The minimum absolute atomic E-state index is 0.0235. The van der Waals surface area contributed by atoms with Gasteiger partial charge in [-0.1, -0.05) is 28.1 Å². The zero-order valence-electron chi connectivity index (χ0n) is 9.28. The standard InChI is InChI=1S/C13H15BrO2/c1-2-16-13(15)12-8-10(12)7-9-3-5-11(14)6-4-9/h3-6,10,12H,2,7-8H2,1H3. The second kappa shape index (κ2) is 5.00. The molecule has 16 heavy (non-hydrogen) atoms. The first kappa shape index (κ1) is 11.6. The summed E-state index contributed by atoms with van der Waals surface area (Å²) in [5, 5.41) is 0. The maximum Gasteiger partial charge on any atom is 0.309 e. The third-order valence-corrected chi connectivity index (χ3v) is 3.45. The number of benzene rings is 1. The molecule has 2 unspecified atom stereocenters. The minimum atomic E-state index is -0.0235.